The van der Waals surface area contributed by atoms with E-state index < -0.39 is 11.0 Å². The van der Waals surface area contributed by atoms with Gasteiger partial charge in [-0.25, -0.2) is 17.6 Å². The Balaban J connectivity index is 1.58. The zero-order valence-electron chi connectivity index (χ0n) is 20.9. The summed E-state index contributed by atoms with van der Waals surface area (Å²) >= 11 is 0. The van der Waals surface area contributed by atoms with Gasteiger partial charge in [-0.15, -0.1) is 0 Å². The molecule has 2 aliphatic rings. The van der Waals surface area contributed by atoms with Gasteiger partial charge in [0, 0.05) is 13.1 Å². The van der Waals surface area contributed by atoms with E-state index in [1.54, 1.807) is 12.1 Å². The fourth-order valence-electron chi connectivity index (χ4n) is 5.78. The van der Waals surface area contributed by atoms with Gasteiger partial charge in [0.05, 0.1) is 33.3 Å². The van der Waals surface area contributed by atoms with Crippen LogP contribution in [-0.4, -0.2) is 36.1 Å². The van der Waals surface area contributed by atoms with E-state index in [0.29, 0.717) is 12.0 Å². The standard InChI is InChI=1S/C27H38FN3OS/c1-7-8-24(30(6)33(32)26(2,3)4)15-20-9-10-21-16-25-19(17-27(20,21)5)18-29-31(25)23-13-11-22(28)12-14-23/h11-14,16,18,20,24H,7-10,15,17H2,1-6H3. The van der Waals surface area contributed by atoms with Gasteiger partial charge in [0.25, 0.3) is 0 Å². The number of fused-ring (bicyclic) bond motifs is 2. The number of hydrogen-bond donors (Lipinski definition) is 0. The monoisotopic (exact) mass is 471 g/mol. The molecule has 2 aromatic rings. The number of benzene rings is 1. The van der Waals surface area contributed by atoms with E-state index in [1.807, 2.05) is 17.9 Å². The molecule has 1 aromatic heterocycles. The number of rotatable bonds is 7. The number of halogens is 1. The Labute approximate surface area is 200 Å². The Kier molecular flexibility index (Phi) is 6.71. The highest BCUT2D eigenvalue weighted by molar-refractivity contribution is 7.84. The van der Waals surface area contributed by atoms with Gasteiger partial charge in [-0.05, 0) is 100 Å². The maximum Gasteiger partial charge on any atom is 0.123 e. The van der Waals surface area contributed by atoms with Crippen LogP contribution in [0.3, 0.4) is 0 Å². The Morgan fingerprint density at radius 3 is 2.64 bits per heavy atom. The molecule has 180 valence electrons. The quantitative estimate of drug-likeness (QED) is 0.474. The van der Waals surface area contributed by atoms with Crippen molar-refractivity contribution in [2.24, 2.45) is 11.3 Å². The van der Waals surface area contributed by atoms with E-state index in [4.69, 9.17) is 0 Å². The minimum atomic E-state index is -1.01. The van der Waals surface area contributed by atoms with Crippen molar-refractivity contribution in [3.63, 3.8) is 0 Å². The molecule has 1 aromatic carbocycles. The first-order valence-corrected chi connectivity index (χ1v) is 13.3. The summed E-state index contributed by atoms with van der Waals surface area (Å²) in [7, 11) is 1.03. The summed E-state index contributed by atoms with van der Waals surface area (Å²) in [5.41, 5.74) is 4.89. The van der Waals surface area contributed by atoms with Gasteiger partial charge < -0.3 is 0 Å². The van der Waals surface area contributed by atoms with Gasteiger partial charge in [0.15, 0.2) is 0 Å². The average molecular weight is 472 g/mol. The van der Waals surface area contributed by atoms with Gasteiger partial charge in [-0.3, -0.25) is 0 Å². The molecule has 0 aliphatic heterocycles. The molecule has 1 fully saturated rings. The molecule has 0 spiro atoms. The predicted molar refractivity (Wildman–Crippen MR) is 135 cm³/mol. The van der Waals surface area contributed by atoms with Crippen molar-refractivity contribution in [2.45, 2.75) is 83.9 Å². The lowest BCUT2D eigenvalue weighted by Gasteiger charge is -2.40. The lowest BCUT2D eigenvalue weighted by atomic mass is 9.68. The first-order chi connectivity index (χ1) is 15.5. The molecule has 0 amide bonds. The van der Waals surface area contributed by atoms with Crippen molar-refractivity contribution in [3.05, 3.63) is 53.1 Å². The molecule has 1 saturated carbocycles. The maximum atomic E-state index is 13.4. The first-order valence-electron chi connectivity index (χ1n) is 12.2. The molecule has 0 bridgehead atoms. The van der Waals surface area contributed by atoms with E-state index in [1.165, 1.54) is 29.7 Å². The normalized spacial score (nSPS) is 24.4. The molecule has 0 saturated heterocycles. The second kappa shape index (κ2) is 9.10. The lowest BCUT2D eigenvalue weighted by Crippen LogP contribution is -2.43. The van der Waals surface area contributed by atoms with Gasteiger partial charge in [-0.1, -0.05) is 25.8 Å². The van der Waals surface area contributed by atoms with Crippen LogP contribution < -0.4 is 0 Å². The van der Waals surface area contributed by atoms with Crippen molar-refractivity contribution >= 4 is 17.1 Å². The van der Waals surface area contributed by atoms with Crippen molar-refractivity contribution < 1.29 is 8.60 Å². The lowest BCUT2D eigenvalue weighted by molar-refractivity contribution is 0.201. The fourth-order valence-corrected chi connectivity index (χ4v) is 7.10. The summed E-state index contributed by atoms with van der Waals surface area (Å²) in [6.07, 6.45) is 10.8. The van der Waals surface area contributed by atoms with E-state index in [-0.39, 0.29) is 16.0 Å². The van der Waals surface area contributed by atoms with Crippen LogP contribution in [-0.2, 0) is 17.4 Å². The molecule has 4 atom stereocenters. The molecule has 4 rings (SSSR count). The third kappa shape index (κ3) is 4.61. The molecular weight excluding hydrogens is 433 g/mol. The van der Waals surface area contributed by atoms with Crippen LogP contribution in [0, 0.1) is 17.2 Å². The van der Waals surface area contributed by atoms with Crippen molar-refractivity contribution in [1.29, 1.82) is 0 Å². The summed E-state index contributed by atoms with van der Waals surface area (Å²) in [6, 6.07) is 6.86. The maximum absolute atomic E-state index is 13.4. The second-order valence-corrected chi connectivity index (χ2v) is 13.3. The fraction of sp³-hybridized carbons (Fsp3) is 0.593. The first kappa shape index (κ1) is 24.3. The Morgan fingerprint density at radius 1 is 1.30 bits per heavy atom. The molecule has 2 aliphatic carbocycles. The summed E-state index contributed by atoms with van der Waals surface area (Å²) in [4.78, 5) is 0. The van der Waals surface area contributed by atoms with Gasteiger partial charge in [0.2, 0.25) is 0 Å². The summed E-state index contributed by atoms with van der Waals surface area (Å²) in [5.74, 6) is 0.324. The Hall–Kier alpha value is -1.79. The molecule has 4 unspecified atom stereocenters. The summed E-state index contributed by atoms with van der Waals surface area (Å²) in [5, 5.41) is 4.65. The zero-order valence-corrected chi connectivity index (χ0v) is 21.7. The smallest absolute Gasteiger partial charge is 0.123 e. The topological polar surface area (TPSA) is 38.1 Å². The van der Waals surface area contributed by atoms with Crippen molar-refractivity contribution in [1.82, 2.24) is 14.1 Å². The Morgan fingerprint density at radius 2 is 2.00 bits per heavy atom. The van der Waals surface area contributed by atoms with Crippen molar-refractivity contribution in [2.75, 3.05) is 7.05 Å². The van der Waals surface area contributed by atoms with Crippen LogP contribution in [0.2, 0.25) is 0 Å². The van der Waals surface area contributed by atoms with E-state index in [9.17, 15) is 8.60 Å². The third-order valence-corrected chi connectivity index (χ3v) is 9.57. The summed E-state index contributed by atoms with van der Waals surface area (Å²) in [6.45, 7) is 10.8. The van der Waals surface area contributed by atoms with E-state index >= 15 is 0 Å². The van der Waals surface area contributed by atoms with Gasteiger partial charge in [0.1, 0.15) is 5.82 Å². The molecule has 0 radical (unpaired) electrons. The van der Waals surface area contributed by atoms with Gasteiger partial charge in [-0.2, -0.15) is 5.10 Å². The second-order valence-electron chi connectivity index (χ2n) is 11.0. The number of allylic oxidation sites excluding steroid dienone is 1. The minimum absolute atomic E-state index is 0.111. The molecule has 6 heteroatoms. The van der Waals surface area contributed by atoms with E-state index in [2.05, 4.69) is 50.1 Å². The van der Waals surface area contributed by atoms with Crippen LogP contribution in [0.25, 0.3) is 11.8 Å². The Bertz CT molecular complexity index is 1050. The van der Waals surface area contributed by atoms with Crippen LogP contribution in [0.4, 0.5) is 4.39 Å². The van der Waals surface area contributed by atoms with Crippen LogP contribution in [0.15, 0.2) is 36.0 Å². The molecule has 0 N–H and O–H groups in total. The highest BCUT2D eigenvalue weighted by Crippen LogP contribution is 2.55. The molecular formula is C27H38FN3OS. The van der Waals surface area contributed by atoms with Crippen LogP contribution in [0.1, 0.15) is 78.0 Å². The van der Waals surface area contributed by atoms with E-state index in [0.717, 1.165) is 43.5 Å². The summed E-state index contributed by atoms with van der Waals surface area (Å²) < 4.78 is 30.4. The number of aromatic nitrogens is 2. The number of hydrogen-bond acceptors (Lipinski definition) is 2. The molecule has 1 heterocycles. The largest absolute Gasteiger partial charge is 0.242 e. The zero-order chi connectivity index (χ0) is 24.0. The van der Waals surface area contributed by atoms with Crippen molar-refractivity contribution in [3.8, 4) is 5.69 Å². The predicted octanol–water partition coefficient (Wildman–Crippen LogP) is 6.32. The SMILES string of the molecule is CCCC(CC1CCC2=Cc3c(cnn3-c3ccc(F)cc3)CC21C)N(C)S(=O)C(C)(C)C. The van der Waals surface area contributed by atoms with Gasteiger partial charge >= 0.3 is 0 Å². The minimum Gasteiger partial charge on any atom is -0.242 e. The molecule has 4 nitrogen and oxygen atoms in total. The third-order valence-electron chi connectivity index (χ3n) is 7.70. The number of nitrogens with zero attached hydrogens (tertiary/aromatic N) is 3. The molecule has 33 heavy (non-hydrogen) atoms. The average Bonchev–Trinajstić information content (AvgIpc) is 3.30. The highest BCUT2D eigenvalue weighted by atomic mass is 32.2. The van der Waals surface area contributed by atoms with Crippen LogP contribution in [0.5, 0.6) is 0 Å². The highest BCUT2D eigenvalue weighted by Gasteiger charge is 2.46. The van der Waals surface area contributed by atoms with Crippen LogP contribution >= 0.6 is 0 Å².